The van der Waals surface area contributed by atoms with Crippen molar-refractivity contribution in [3.63, 3.8) is 0 Å². The van der Waals surface area contributed by atoms with Gasteiger partial charge in [-0.05, 0) is 17.4 Å². The topological polar surface area (TPSA) is 26.3 Å². The minimum absolute atomic E-state index is 0.638. The van der Waals surface area contributed by atoms with Crippen molar-refractivity contribution >= 4 is 8.03 Å². The fourth-order valence-electron chi connectivity index (χ4n) is 0.545. The van der Waals surface area contributed by atoms with Gasteiger partial charge >= 0.3 is 8.03 Å². The molecule has 0 aliphatic rings. The minimum atomic E-state index is -1.34. The predicted molar refractivity (Wildman–Crippen MR) is 43.6 cm³/mol. The second kappa shape index (κ2) is 7.17. The lowest BCUT2D eigenvalue weighted by molar-refractivity contribution is 0.328. The molecule has 10 heavy (non-hydrogen) atoms. The van der Waals surface area contributed by atoms with E-state index in [-0.39, 0.29) is 0 Å². The number of unbranched alkanes of at least 4 members (excludes halogenated alkanes) is 1. The molecule has 0 bridgehead atoms. The molecule has 0 aromatic rings. The summed E-state index contributed by atoms with van der Waals surface area (Å²) in [5.74, 6) is 0. The van der Waals surface area contributed by atoms with Crippen molar-refractivity contribution in [3.05, 3.63) is 0 Å². The van der Waals surface area contributed by atoms with Crippen LogP contribution in [-0.2, 0) is 9.09 Å². The molecule has 0 fully saturated rings. The van der Waals surface area contributed by atoms with E-state index in [1.807, 2.05) is 6.92 Å². The normalized spacial score (nSPS) is 11.6. The lowest BCUT2D eigenvalue weighted by Gasteiger charge is -1.86. The highest BCUT2D eigenvalue weighted by Gasteiger charge is 2.14. The summed E-state index contributed by atoms with van der Waals surface area (Å²) in [4.78, 5) is 0. The third-order valence-electron chi connectivity index (χ3n) is 1.13. The summed E-state index contributed by atoms with van der Waals surface area (Å²) in [6, 6.07) is 0. The van der Waals surface area contributed by atoms with Gasteiger partial charge in [0, 0.05) is 0 Å². The zero-order valence-electron chi connectivity index (χ0n) is 6.80. The molecule has 0 aromatic heterocycles. The average molecular weight is 163 g/mol. The van der Waals surface area contributed by atoms with Gasteiger partial charge in [0.25, 0.3) is 0 Å². The number of rotatable bonds is 6. The fourth-order valence-corrected chi connectivity index (χ4v) is 1.63. The van der Waals surface area contributed by atoms with E-state index in [0.717, 1.165) is 25.4 Å². The smallest absolute Gasteiger partial charge is 0.146 e. The summed E-state index contributed by atoms with van der Waals surface area (Å²) in [6.07, 6.45) is 3.79. The Morgan fingerprint density at radius 1 is 1.30 bits per heavy atom. The molecule has 0 saturated heterocycles. The van der Waals surface area contributed by atoms with Gasteiger partial charge in [-0.15, -0.1) is 4.52 Å². The second-order valence-electron chi connectivity index (χ2n) is 2.24. The molecule has 1 unspecified atom stereocenters. The van der Waals surface area contributed by atoms with Crippen LogP contribution in [-0.4, -0.2) is 12.8 Å². The van der Waals surface area contributed by atoms with Gasteiger partial charge in [-0.1, -0.05) is 20.3 Å². The predicted octanol–water partition coefficient (Wildman–Crippen LogP) is 2.96. The Balaban J connectivity index is 3.09. The first kappa shape index (κ1) is 10.1. The van der Waals surface area contributed by atoms with Crippen LogP contribution in [0.15, 0.2) is 0 Å². The lowest BCUT2D eigenvalue weighted by atomic mass is 10.4. The maximum Gasteiger partial charge on any atom is 0.508 e. The van der Waals surface area contributed by atoms with Crippen LogP contribution >= 0.6 is 8.03 Å². The molecular weight excluding hydrogens is 147 g/mol. The molecule has 0 aromatic carbocycles. The van der Waals surface area contributed by atoms with Crippen LogP contribution in [0.25, 0.3) is 0 Å². The van der Waals surface area contributed by atoms with E-state index in [1.165, 1.54) is 0 Å². The molecule has 0 amide bonds. The van der Waals surface area contributed by atoms with E-state index in [2.05, 4.69) is 6.92 Å². The molecule has 0 heterocycles. The van der Waals surface area contributed by atoms with Crippen molar-refractivity contribution in [2.45, 2.75) is 33.1 Å². The zero-order chi connectivity index (χ0) is 7.82. The molecule has 0 N–H and O–H groups in total. The van der Waals surface area contributed by atoms with Crippen LogP contribution in [0.4, 0.5) is 0 Å². The van der Waals surface area contributed by atoms with Crippen molar-refractivity contribution < 1.29 is 9.09 Å². The minimum Gasteiger partial charge on any atom is -0.146 e. The number of hydrogen-bond donors (Lipinski definition) is 0. The first-order chi connectivity index (χ1) is 4.81. The van der Waals surface area contributed by atoms with Gasteiger partial charge in [0.1, 0.15) is 6.61 Å². The largest absolute Gasteiger partial charge is 0.508 e. The fraction of sp³-hybridized carbons (Fsp3) is 1.00. The molecule has 3 heteroatoms. The summed E-state index contributed by atoms with van der Waals surface area (Å²) in [5.41, 5.74) is 0. The molecule has 60 valence electrons. The maximum absolute atomic E-state index is 10.9. The van der Waals surface area contributed by atoms with Crippen LogP contribution in [0.3, 0.4) is 0 Å². The molecule has 0 aliphatic heterocycles. The Labute approximate surface area is 63.8 Å². The highest BCUT2D eigenvalue weighted by Crippen LogP contribution is 2.23. The molecular formula is C7H16O2P+. The van der Waals surface area contributed by atoms with E-state index < -0.39 is 8.03 Å². The first-order valence-electron chi connectivity index (χ1n) is 3.88. The van der Waals surface area contributed by atoms with Crippen molar-refractivity contribution in [1.82, 2.24) is 0 Å². The third kappa shape index (κ3) is 6.18. The van der Waals surface area contributed by atoms with Crippen LogP contribution in [0.2, 0.25) is 0 Å². The van der Waals surface area contributed by atoms with Crippen LogP contribution in [0.1, 0.15) is 33.1 Å². The Kier molecular flexibility index (Phi) is 7.21. The first-order valence-corrected chi connectivity index (χ1v) is 5.25. The quantitative estimate of drug-likeness (QED) is 0.562. The molecule has 0 rings (SSSR count). The second-order valence-corrected chi connectivity index (χ2v) is 3.61. The maximum atomic E-state index is 10.9. The average Bonchev–Trinajstić information content (AvgIpc) is 1.97. The Bertz CT molecular complexity index is 83.6. The van der Waals surface area contributed by atoms with Gasteiger partial charge in [0.15, 0.2) is 6.16 Å². The molecule has 0 aliphatic carbocycles. The van der Waals surface area contributed by atoms with Gasteiger partial charge in [-0.3, -0.25) is 0 Å². The standard InChI is InChI=1S/C7H16O2P/c1-3-5-7-10(8)9-6-4-2/h3-7H2,1-2H3/q+1. The van der Waals surface area contributed by atoms with Crippen molar-refractivity contribution in [2.24, 2.45) is 0 Å². The van der Waals surface area contributed by atoms with E-state index in [4.69, 9.17) is 4.52 Å². The summed E-state index contributed by atoms with van der Waals surface area (Å²) in [7, 11) is -1.34. The molecule has 1 atom stereocenters. The van der Waals surface area contributed by atoms with Crippen molar-refractivity contribution in [1.29, 1.82) is 0 Å². The van der Waals surface area contributed by atoms with Gasteiger partial charge in [-0.25, -0.2) is 0 Å². The van der Waals surface area contributed by atoms with Crippen LogP contribution in [0, 0.1) is 0 Å². The van der Waals surface area contributed by atoms with Gasteiger partial charge < -0.3 is 0 Å². The SMILES string of the molecule is CCCC[P+](=O)OCCC. The van der Waals surface area contributed by atoms with Crippen LogP contribution in [0.5, 0.6) is 0 Å². The Hall–Kier alpha value is 0.0600. The van der Waals surface area contributed by atoms with Crippen molar-refractivity contribution in [2.75, 3.05) is 12.8 Å². The van der Waals surface area contributed by atoms with Gasteiger partial charge in [-0.2, -0.15) is 0 Å². The van der Waals surface area contributed by atoms with Crippen molar-refractivity contribution in [3.8, 4) is 0 Å². The highest BCUT2D eigenvalue weighted by molar-refractivity contribution is 7.39. The van der Waals surface area contributed by atoms with E-state index >= 15 is 0 Å². The summed E-state index contributed by atoms with van der Waals surface area (Å²) >= 11 is 0. The Morgan fingerprint density at radius 2 is 2.00 bits per heavy atom. The monoisotopic (exact) mass is 163 g/mol. The molecule has 2 nitrogen and oxygen atoms in total. The molecule has 0 saturated carbocycles. The third-order valence-corrected chi connectivity index (χ3v) is 2.29. The highest BCUT2D eigenvalue weighted by atomic mass is 31.1. The van der Waals surface area contributed by atoms with Gasteiger partial charge in [0.05, 0.1) is 0 Å². The molecule has 0 spiro atoms. The van der Waals surface area contributed by atoms with Gasteiger partial charge in [0.2, 0.25) is 0 Å². The summed E-state index contributed by atoms with van der Waals surface area (Å²) in [5, 5.41) is 0. The molecule has 0 radical (unpaired) electrons. The Morgan fingerprint density at radius 3 is 2.50 bits per heavy atom. The zero-order valence-corrected chi connectivity index (χ0v) is 7.69. The lowest BCUT2D eigenvalue weighted by Crippen LogP contribution is -1.85. The van der Waals surface area contributed by atoms with Crippen LogP contribution < -0.4 is 0 Å². The summed E-state index contributed by atoms with van der Waals surface area (Å²) < 4.78 is 15.9. The summed E-state index contributed by atoms with van der Waals surface area (Å²) in [6.45, 7) is 4.74. The van der Waals surface area contributed by atoms with E-state index in [0.29, 0.717) is 6.61 Å². The van der Waals surface area contributed by atoms with E-state index in [1.54, 1.807) is 0 Å². The van der Waals surface area contributed by atoms with E-state index in [9.17, 15) is 4.57 Å². The number of hydrogen-bond acceptors (Lipinski definition) is 2.